The zero-order chi connectivity index (χ0) is 14.8. The third-order valence-corrected chi connectivity index (χ3v) is 4.12. The number of benzene rings is 1. The number of halogens is 2. The lowest BCUT2D eigenvalue weighted by Gasteiger charge is -2.31. The van der Waals surface area contributed by atoms with Crippen molar-refractivity contribution >= 4 is 35.7 Å². The molecule has 7 heteroatoms. The van der Waals surface area contributed by atoms with Crippen molar-refractivity contribution in [3.05, 3.63) is 41.6 Å². The Morgan fingerprint density at radius 1 is 1.45 bits per heavy atom. The van der Waals surface area contributed by atoms with Gasteiger partial charge >= 0.3 is 0 Å². The molecule has 0 radical (unpaired) electrons. The third kappa shape index (κ3) is 3.43. The molecule has 1 aromatic carbocycles. The van der Waals surface area contributed by atoms with Crippen LogP contribution in [-0.4, -0.2) is 28.8 Å². The second kappa shape index (κ2) is 7.13. The molecular weight excluding hydrogens is 323 g/mol. The van der Waals surface area contributed by atoms with Crippen LogP contribution in [0.4, 0.5) is 5.82 Å². The van der Waals surface area contributed by atoms with E-state index in [1.54, 1.807) is 23.0 Å². The van der Waals surface area contributed by atoms with Crippen LogP contribution in [0.15, 0.2) is 36.5 Å². The Balaban J connectivity index is 0.00000176. The SMILES string of the molecule is CC(C(=O)Nc1ccnn1-c1cccc(Cl)c1)C1CNC1.Cl. The van der Waals surface area contributed by atoms with Gasteiger partial charge in [-0.3, -0.25) is 4.79 Å². The molecule has 0 spiro atoms. The molecule has 1 saturated heterocycles. The highest BCUT2D eigenvalue weighted by molar-refractivity contribution is 6.30. The Kier molecular flexibility index (Phi) is 5.45. The summed E-state index contributed by atoms with van der Waals surface area (Å²) in [6.07, 6.45) is 1.66. The zero-order valence-electron chi connectivity index (χ0n) is 12.1. The average molecular weight is 341 g/mol. The lowest BCUT2D eigenvalue weighted by atomic mass is 9.88. The fourth-order valence-electron chi connectivity index (χ4n) is 2.33. The van der Waals surface area contributed by atoms with Gasteiger partial charge in [0.15, 0.2) is 0 Å². The van der Waals surface area contributed by atoms with E-state index < -0.39 is 0 Å². The van der Waals surface area contributed by atoms with Crippen LogP contribution in [0.3, 0.4) is 0 Å². The van der Waals surface area contributed by atoms with E-state index in [0.717, 1.165) is 18.8 Å². The van der Waals surface area contributed by atoms with E-state index in [9.17, 15) is 4.79 Å². The predicted molar refractivity (Wildman–Crippen MR) is 90.0 cm³/mol. The van der Waals surface area contributed by atoms with Crippen LogP contribution in [0, 0.1) is 11.8 Å². The van der Waals surface area contributed by atoms with E-state index in [4.69, 9.17) is 11.6 Å². The van der Waals surface area contributed by atoms with E-state index in [0.29, 0.717) is 16.8 Å². The Hall–Kier alpha value is -1.56. The smallest absolute Gasteiger partial charge is 0.228 e. The minimum absolute atomic E-state index is 0. The highest BCUT2D eigenvalue weighted by atomic mass is 35.5. The zero-order valence-corrected chi connectivity index (χ0v) is 13.7. The fraction of sp³-hybridized carbons (Fsp3) is 0.333. The standard InChI is InChI=1S/C15H17ClN4O.ClH/c1-10(11-8-17-9-11)15(21)19-14-5-6-18-20(14)13-4-2-3-12(16)7-13;/h2-7,10-11,17H,8-9H2,1H3,(H,19,21);1H. The number of aromatic nitrogens is 2. The summed E-state index contributed by atoms with van der Waals surface area (Å²) in [5, 5.41) is 11.0. The Bertz CT molecular complexity index is 654. The predicted octanol–water partition coefficient (Wildman–Crippen LogP) is 2.74. The number of nitrogens with zero attached hydrogens (tertiary/aromatic N) is 2. The van der Waals surface area contributed by atoms with Crippen molar-refractivity contribution in [2.45, 2.75) is 6.92 Å². The van der Waals surface area contributed by atoms with E-state index in [-0.39, 0.29) is 24.2 Å². The second-order valence-electron chi connectivity index (χ2n) is 5.30. The lowest BCUT2D eigenvalue weighted by molar-refractivity contribution is -0.121. The Morgan fingerprint density at radius 2 is 2.23 bits per heavy atom. The third-order valence-electron chi connectivity index (χ3n) is 3.88. The van der Waals surface area contributed by atoms with Crippen LogP contribution >= 0.6 is 24.0 Å². The van der Waals surface area contributed by atoms with E-state index in [1.165, 1.54) is 0 Å². The molecule has 118 valence electrons. The van der Waals surface area contributed by atoms with Crippen molar-refractivity contribution in [3.8, 4) is 5.69 Å². The molecule has 1 amide bonds. The number of hydrogen-bond acceptors (Lipinski definition) is 3. The van der Waals surface area contributed by atoms with Crippen molar-refractivity contribution in [2.24, 2.45) is 11.8 Å². The first-order valence-corrected chi connectivity index (χ1v) is 7.34. The summed E-state index contributed by atoms with van der Waals surface area (Å²) in [4.78, 5) is 12.3. The largest absolute Gasteiger partial charge is 0.316 e. The molecule has 3 rings (SSSR count). The van der Waals surface area contributed by atoms with Crippen molar-refractivity contribution in [3.63, 3.8) is 0 Å². The summed E-state index contributed by atoms with van der Waals surface area (Å²) in [6, 6.07) is 9.15. The molecular formula is C15H18Cl2N4O. The minimum Gasteiger partial charge on any atom is -0.316 e. The molecule has 22 heavy (non-hydrogen) atoms. The van der Waals surface area contributed by atoms with E-state index >= 15 is 0 Å². The normalized spacial score (nSPS) is 15.5. The molecule has 0 bridgehead atoms. The van der Waals surface area contributed by atoms with Crippen molar-refractivity contribution in [1.82, 2.24) is 15.1 Å². The topological polar surface area (TPSA) is 59.0 Å². The minimum atomic E-state index is -0.0195. The molecule has 5 nitrogen and oxygen atoms in total. The van der Waals surface area contributed by atoms with Gasteiger partial charge in [-0.1, -0.05) is 24.6 Å². The molecule has 0 saturated carbocycles. The molecule has 2 aromatic rings. The first-order valence-electron chi connectivity index (χ1n) is 6.96. The van der Waals surface area contributed by atoms with Crippen LogP contribution in [0.5, 0.6) is 0 Å². The van der Waals surface area contributed by atoms with Crippen LogP contribution in [-0.2, 0) is 4.79 Å². The molecule has 1 aromatic heterocycles. The van der Waals surface area contributed by atoms with Gasteiger partial charge < -0.3 is 10.6 Å². The summed E-state index contributed by atoms with van der Waals surface area (Å²) < 4.78 is 1.68. The van der Waals surface area contributed by atoms with E-state index in [1.807, 2.05) is 25.1 Å². The van der Waals surface area contributed by atoms with Gasteiger partial charge in [-0.15, -0.1) is 12.4 Å². The van der Waals surface area contributed by atoms with Gasteiger partial charge in [0.25, 0.3) is 0 Å². The summed E-state index contributed by atoms with van der Waals surface area (Å²) >= 11 is 6.00. The van der Waals surface area contributed by atoms with Crippen molar-refractivity contribution in [2.75, 3.05) is 18.4 Å². The van der Waals surface area contributed by atoms with E-state index in [2.05, 4.69) is 15.7 Å². The number of amides is 1. The average Bonchev–Trinajstić information content (AvgIpc) is 2.84. The van der Waals surface area contributed by atoms with Gasteiger partial charge in [0.05, 0.1) is 11.9 Å². The Morgan fingerprint density at radius 3 is 2.86 bits per heavy atom. The number of hydrogen-bond donors (Lipinski definition) is 2. The van der Waals surface area contributed by atoms with Gasteiger partial charge in [0.1, 0.15) is 5.82 Å². The van der Waals surface area contributed by atoms with Gasteiger partial charge in [0, 0.05) is 17.0 Å². The van der Waals surface area contributed by atoms with Gasteiger partial charge in [-0.2, -0.15) is 5.10 Å². The van der Waals surface area contributed by atoms with Gasteiger partial charge in [-0.05, 0) is 37.2 Å². The molecule has 2 N–H and O–H groups in total. The number of nitrogens with one attached hydrogen (secondary N) is 2. The van der Waals surface area contributed by atoms with Crippen molar-refractivity contribution < 1.29 is 4.79 Å². The summed E-state index contributed by atoms with van der Waals surface area (Å²) in [6.45, 7) is 3.77. The molecule has 0 aliphatic carbocycles. The van der Waals surface area contributed by atoms with Gasteiger partial charge in [0.2, 0.25) is 5.91 Å². The lowest BCUT2D eigenvalue weighted by Crippen LogP contribution is -2.48. The first kappa shape index (κ1) is 16.8. The number of carbonyl (C=O) groups excluding carboxylic acids is 1. The summed E-state index contributed by atoms with van der Waals surface area (Å²) in [5.41, 5.74) is 0.820. The maximum atomic E-state index is 12.3. The number of rotatable bonds is 4. The Labute approximate surface area is 140 Å². The molecule has 1 unspecified atom stereocenters. The fourth-order valence-corrected chi connectivity index (χ4v) is 2.51. The van der Waals surface area contributed by atoms with Crippen molar-refractivity contribution in [1.29, 1.82) is 0 Å². The first-order chi connectivity index (χ1) is 10.1. The molecule has 1 atom stereocenters. The quantitative estimate of drug-likeness (QED) is 0.899. The number of carbonyl (C=O) groups is 1. The van der Waals surface area contributed by atoms with Gasteiger partial charge in [-0.25, -0.2) is 4.68 Å². The summed E-state index contributed by atoms with van der Waals surface area (Å²) in [7, 11) is 0. The van der Waals surface area contributed by atoms with Crippen LogP contribution < -0.4 is 10.6 Å². The maximum absolute atomic E-state index is 12.3. The van der Waals surface area contributed by atoms with Crippen LogP contribution in [0.25, 0.3) is 5.69 Å². The highest BCUT2D eigenvalue weighted by Gasteiger charge is 2.29. The maximum Gasteiger partial charge on any atom is 0.228 e. The molecule has 1 fully saturated rings. The van der Waals surface area contributed by atoms with Crippen LogP contribution in [0.2, 0.25) is 5.02 Å². The molecule has 1 aliphatic rings. The van der Waals surface area contributed by atoms with Crippen LogP contribution in [0.1, 0.15) is 6.92 Å². The summed E-state index contributed by atoms with van der Waals surface area (Å²) in [5.74, 6) is 1.06. The highest BCUT2D eigenvalue weighted by Crippen LogP contribution is 2.21. The monoisotopic (exact) mass is 340 g/mol. The molecule has 1 aliphatic heterocycles. The number of anilines is 1. The molecule has 2 heterocycles. The second-order valence-corrected chi connectivity index (χ2v) is 5.74.